The molecule has 0 spiro atoms. The minimum Gasteiger partial charge on any atom is -0.412 e. The summed E-state index contributed by atoms with van der Waals surface area (Å²) < 4.78 is 0. The molecule has 1 heterocycles. The molecular weight excluding hydrogens is 479 g/mol. The summed E-state index contributed by atoms with van der Waals surface area (Å²) in [6.07, 6.45) is 25.9. The van der Waals surface area contributed by atoms with Crippen molar-refractivity contribution in [3.8, 4) is 0 Å². The summed E-state index contributed by atoms with van der Waals surface area (Å²) in [5.41, 5.74) is 1.42. The molecule has 0 saturated carbocycles. The third kappa shape index (κ3) is 8.73. The maximum atomic E-state index is 6.29. The van der Waals surface area contributed by atoms with E-state index in [-0.39, 0.29) is 11.0 Å². The van der Waals surface area contributed by atoms with Crippen molar-refractivity contribution in [1.82, 2.24) is 10.2 Å². The van der Waals surface area contributed by atoms with Crippen LogP contribution in [0.4, 0.5) is 0 Å². The van der Waals surface area contributed by atoms with Crippen molar-refractivity contribution in [3.63, 3.8) is 0 Å². The molecule has 4 atom stereocenters. The van der Waals surface area contributed by atoms with E-state index in [4.69, 9.17) is 23.2 Å². The molecule has 1 saturated heterocycles. The number of piperidine rings is 1. The zero-order valence-corrected chi connectivity index (χ0v) is 22.7. The molecule has 0 amide bonds. The number of hydrogen-bond donors (Lipinski definition) is 1. The Kier molecular flexibility index (Phi) is 12.5. The van der Waals surface area contributed by atoms with Crippen LogP contribution in [0.15, 0.2) is 70.3 Å². The van der Waals surface area contributed by atoms with E-state index in [9.17, 15) is 0 Å². The Balaban J connectivity index is 0.00000216. The van der Waals surface area contributed by atoms with Crippen LogP contribution in [0.2, 0.25) is 0 Å². The summed E-state index contributed by atoms with van der Waals surface area (Å²) in [6, 6.07) is 0.535. The van der Waals surface area contributed by atoms with Gasteiger partial charge in [0.05, 0.1) is 0 Å². The number of likely N-dealkylation sites (tertiary alicyclic amines) is 1. The SMILES string of the molecule is CC(C)[C@H](CN1CCC(C2C=CC(Cl)=CC2)CC1)NCC1C=C(C2C=CC=C(Cl)C2)C=CC1.O.O. The van der Waals surface area contributed by atoms with Gasteiger partial charge in [0.25, 0.3) is 0 Å². The normalized spacial score (nSPS) is 28.0. The van der Waals surface area contributed by atoms with Gasteiger partial charge in [0.15, 0.2) is 0 Å². The van der Waals surface area contributed by atoms with E-state index in [1.165, 1.54) is 31.5 Å². The molecule has 0 aromatic rings. The van der Waals surface area contributed by atoms with Crippen LogP contribution in [-0.2, 0) is 0 Å². The second-order valence-electron chi connectivity index (χ2n) is 10.6. The lowest BCUT2D eigenvalue weighted by atomic mass is 9.80. The summed E-state index contributed by atoms with van der Waals surface area (Å²) in [6.45, 7) is 9.35. The lowest BCUT2D eigenvalue weighted by Gasteiger charge is -2.38. The largest absolute Gasteiger partial charge is 0.412 e. The second kappa shape index (κ2) is 14.6. The van der Waals surface area contributed by atoms with Gasteiger partial charge in [0, 0.05) is 35.1 Å². The molecule has 0 bridgehead atoms. The first-order valence-corrected chi connectivity index (χ1v) is 13.6. The molecule has 0 aromatic heterocycles. The molecule has 6 heteroatoms. The van der Waals surface area contributed by atoms with E-state index < -0.39 is 0 Å². The summed E-state index contributed by atoms with van der Waals surface area (Å²) in [7, 11) is 0. The molecule has 1 aliphatic heterocycles. The van der Waals surface area contributed by atoms with Gasteiger partial charge in [0.1, 0.15) is 0 Å². The lowest BCUT2D eigenvalue weighted by Crippen LogP contribution is -2.48. The van der Waals surface area contributed by atoms with Gasteiger partial charge >= 0.3 is 0 Å². The molecule has 1 fully saturated rings. The van der Waals surface area contributed by atoms with Gasteiger partial charge < -0.3 is 21.2 Å². The standard InChI is InChI=1S/C29H40Cl2N2.2H2O/c1-21(2)29(20-33-15-13-24(14-16-33)23-9-11-27(30)12-10-23)32-19-22-5-3-6-25(17-22)26-7-4-8-28(31)18-26;;/h3-4,6-9,11-12,17,21-24,26,29,32H,5,10,13-16,18-20H2,1-2H3;2*1H2/t22?,23?,26?,29-;;/m0../s1. The zero-order chi connectivity index (χ0) is 23.2. The van der Waals surface area contributed by atoms with Crippen LogP contribution >= 0.6 is 23.2 Å². The zero-order valence-electron chi connectivity index (χ0n) is 21.2. The van der Waals surface area contributed by atoms with Crippen LogP contribution in [0, 0.1) is 29.6 Å². The monoisotopic (exact) mass is 522 g/mol. The smallest absolute Gasteiger partial charge is 0.0363 e. The maximum Gasteiger partial charge on any atom is 0.0363 e. The average Bonchev–Trinajstić information content (AvgIpc) is 2.83. The van der Waals surface area contributed by atoms with Gasteiger partial charge in [-0.3, -0.25) is 0 Å². The van der Waals surface area contributed by atoms with E-state index in [1.54, 1.807) is 0 Å². The van der Waals surface area contributed by atoms with Crippen molar-refractivity contribution >= 4 is 23.2 Å². The number of hydrogen-bond acceptors (Lipinski definition) is 2. The highest BCUT2D eigenvalue weighted by atomic mass is 35.5. The topological polar surface area (TPSA) is 78.3 Å². The van der Waals surface area contributed by atoms with E-state index >= 15 is 0 Å². The van der Waals surface area contributed by atoms with Crippen LogP contribution in [0.1, 0.15) is 46.0 Å². The van der Waals surface area contributed by atoms with Crippen LogP contribution < -0.4 is 5.32 Å². The Hall–Kier alpha value is -1.14. The molecule has 4 rings (SSSR count). The quantitative estimate of drug-likeness (QED) is 0.452. The van der Waals surface area contributed by atoms with Crippen molar-refractivity contribution in [2.45, 2.75) is 52.0 Å². The van der Waals surface area contributed by atoms with Crippen molar-refractivity contribution in [3.05, 3.63) is 70.3 Å². The molecule has 5 N–H and O–H groups in total. The number of nitrogens with zero attached hydrogens (tertiary/aromatic N) is 1. The molecule has 0 aromatic carbocycles. The molecule has 4 nitrogen and oxygen atoms in total. The van der Waals surface area contributed by atoms with E-state index in [0.29, 0.717) is 29.7 Å². The van der Waals surface area contributed by atoms with E-state index in [1.807, 2.05) is 6.08 Å². The third-order valence-electron chi connectivity index (χ3n) is 7.87. The van der Waals surface area contributed by atoms with Gasteiger partial charge in [-0.15, -0.1) is 0 Å². The minimum atomic E-state index is 0. The highest BCUT2D eigenvalue weighted by Crippen LogP contribution is 2.33. The third-order valence-corrected chi connectivity index (χ3v) is 8.43. The molecule has 3 aliphatic carbocycles. The maximum absolute atomic E-state index is 6.29. The van der Waals surface area contributed by atoms with Crippen molar-refractivity contribution in [1.29, 1.82) is 0 Å². The number of halogens is 2. The van der Waals surface area contributed by atoms with Crippen LogP contribution in [0.3, 0.4) is 0 Å². The average molecular weight is 524 g/mol. The van der Waals surface area contributed by atoms with E-state index in [0.717, 1.165) is 48.3 Å². The second-order valence-corrected chi connectivity index (χ2v) is 11.5. The Bertz CT molecular complexity index is 851. The Morgan fingerprint density at radius 1 is 1.06 bits per heavy atom. The molecular formula is C29H44Cl2N2O2. The Labute approximate surface area is 222 Å². The van der Waals surface area contributed by atoms with E-state index in [2.05, 4.69) is 72.7 Å². The summed E-state index contributed by atoms with van der Waals surface area (Å²) in [5.74, 6) is 3.10. The van der Waals surface area contributed by atoms with Gasteiger partial charge in [-0.25, -0.2) is 0 Å². The molecule has 3 unspecified atom stereocenters. The number of allylic oxidation sites excluding steroid dienone is 11. The first kappa shape index (κ1) is 30.1. The Morgan fingerprint density at radius 2 is 1.83 bits per heavy atom. The summed E-state index contributed by atoms with van der Waals surface area (Å²) in [5, 5.41) is 5.80. The molecule has 35 heavy (non-hydrogen) atoms. The predicted octanol–water partition coefficient (Wildman–Crippen LogP) is 5.56. The lowest BCUT2D eigenvalue weighted by molar-refractivity contribution is 0.138. The minimum absolute atomic E-state index is 0. The number of nitrogens with one attached hydrogen (secondary N) is 1. The van der Waals surface area contributed by atoms with Crippen LogP contribution in [0.5, 0.6) is 0 Å². The molecule has 0 radical (unpaired) electrons. The fraction of sp³-hybridized carbons (Fsp3) is 0.586. The summed E-state index contributed by atoms with van der Waals surface area (Å²) in [4.78, 5) is 2.69. The molecule has 4 aliphatic rings. The van der Waals surface area contributed by atoms with Crippen molar-refractivity contribution in [2.24, 2.45) is 29.6 Å². The predicted molar refractivity (Wildman–Crippen MR) is 151 cm³/mol. The molecule has 196 valence electrons. The van der Waals surface area contributed by atoms with Gasteiger partial charge in [-0.05, 0) is 86.6 Å². The summed E-state index contributed by atoms with van der Waals surface area (Å²) >= 11 is 12.4. The van der Waals surface area contributed by atoms with Crippen LogP contribution in [0.25, 0.3) is 0 Å². The highest BCUT2D eigenvalue weighted by molar-refractivity contribution is 6.31. The van der Waals surface area contributed by atoms with Gasteiger partial charge in [0.2, 0.25) is 0 Å². The fourth-order valence-electron chi connectivity index (χ4n) is 5.65. The first-order chi connectivity index (χ1) is 16.0. The highest BCUT2D eigenvalue weighted by Gasteiger charge is 2.28. The van der Waals surface area contributed by atoms with Gasteiger partial charge in [-0.2, -0.15) is 0 Å². The number of rotatable bonds is 8. The van der Waals surface area contributed by atoms with Gasteiger partial charge in [-0.1, -0.05) is 79.6 Å². The van der Waals surface area contributed by atoms with Crippen molar-refractivity contribution in [2.75, 3.05) is 26.2 Å². The Morgan fingerprint density at radius 3 is 2.49 bits per heavy atom. The van der Waals surface area contributed by atoms with Crippen molar-refractivity contribution < 1.29 is 11.0 Å². The van der Waals surface area contributed by atoms with Crippen LogP contribution in [-0.4, -0.2) is 48.1 Å². The first-order valence-electron chi connectivity index (χ1n) is 12.9. The fourth-order valence-corrected chi connectivity index (χ4v) is 6.05.